The summed E-state index contributed by atoms with van der Waals surface area (Å²) in [5.74, 6) is -0.934. The fraction of sp³-hybridized carbons (Fsp3) is 0.0833. The molecule has 1 heterocycles. The minimum atomic E-state index is -0.575. The molecule has 0 saturated heterocycles. The first-order valence-corrected chi connectivity index (χ1v) is 5.36. The lowest BCUT2D eigenvalue weighted by Gasteiger charge is -2.08. The number of nitrogens with two attached hydrogens (primary N) is 1. The monoisotopic (exact) mass is 259 g/mol. The van der Waals surface area contributed by atoms with Crippen molar-refractivity contribution in [3.63, 3.8) is 0 Å². The van der Waals surface area contributed by atoms with Crippen molar-refractivity contribution in [2.24, 2.45) is 0 Å². The van der Waals surface area contributed by atoms with Gasteiger partial charge in [-0.1, -0.05) is 0 Å². The van der Waals surface area contributed by atoms with Gasteiger partial charge in [-0.2, -0.15) is 5.26 Å². The Morgan fingerprint density at radius 3 is 3.11 bits per heavy atom. The summed E-state index contributed by atoms with van der Waals surface area (Å²) in [5.41, 5.74) is 5.86. The van der Waals surface area contributed by atoms with Gasteiger partial charge in [0.15, 0.2) is 0 Å². The number of aromatic nitrogens is 2. The third kappa shape index (κ3) is 2.87. The van der Waals surface area contributed by atoms with E-state index in [2.05, 4.69) is 10.3 Å². The summed E-state index contributed by atoms with van der Waals surface area (Å²) in [6.45, 7) is -0.128. The Labute approximate surface area is 108 Å². The van der Waals surface area contributed by atoms with Crippen LogP contribution in [0.3, 0.4) is 0 Å². The van der Waals surface area contributed by atoms with Crippen LogP contribution in [0.15, 0.2) is 30.6 Å². The molecule has 2 rings (SSSR count). The number of imidazole rings is 1. The highest BCUT2D eigenvalue weighted by molar-refractivity contribution is 5.91. The second kappa shape index (κ2) is 5.18. The van der Waals surface area contributed by atoms with Crippen molar-refractivity contribution < 1.29 is 9.18 Å². The second-order valence-corrected chi connectivity index (χ2v) is 3.78. The van der Waals surface area contributed by atoms with Gasteiger partial charge in [-0.15, -0.1) is 0 Å². The summed E-state index contributed by atoms with van der Waals surface area (Å²) >= 11 is 0. The number of nitrogen functional groups attached to an aromatic ring is 1. The van der Waals surface area contributed by atoms with Crippen LogP contribution in [0, 0.1) is 17.1 Å². The zero-order chi connectivity index (χ0) is 13.8. The maximum absolute atomic E-state index is 13.4. The van der Waals surface area contributed by atoms with Crippen LogP contribution in [-0.2, 0) is 11.3 Å². The first-order chi connectivity index (χ1) is 9.10. The van der Waals surface area contributed by atoms with Crippen LogP contribution in [-0.4, -0.2) is 15.5 Å². The van der Waals surface area contributed by atoms with Gasteiger partial charge in [0.2, 0.25) is 11.7 Å². The van der Waals surface area contributed by atoms with Crippen molar-refractivity contribution in [3.05, 3.63) is 42.2 Å². The van der Waals surface area contributed by atoms with E-state index in [1.807, 2.05) is 6.07 Å². The molecule has 0 spiro atoms. The summed E-state index contributed by atoms with van der Waals surface area (Å²) in [5, 5.41) is 11.1. The molecule has 2 aromatic rings. The predicted molar refractivity (Wildman–Crippen MR) is 66.4 cm³/mol. The lowest BCUT2D eigenvalue weighted by molar-refractivity contribution is -0.116. The highest BCUT2D eigenvalue weighted by Crippen LogP contribution is 2.17. The van der Waals surface area contributed by atoms with E-state index in [4.69, 9.17) is 11.0 Å². The molecule has 0 aliphatic rings. The summed E-state index contributed by atoms with van der Waals surface area (Å²) in [6.07, 6.45) is 2.90. The molecule has 1 amide bonds. The molecule has 96 valence electrons. The summed E-state index contributed by atoms with van der Waals surface area (Å²) in [4.78, 5) is 15.5. The van der Waals surface area contributed by atoms with Crippen LogP contribution in [0.4, 0.5) is 15.8 Å². The van der Waals surface area contributed by atoms with Crippen molar-refractivity contribution in [1.29, 1.82) is 5.26 Å². The number of halogens is 1. The van der Waals surface area contributed by atoms with Crippen molar-refractivity contribution >= 4 is 17.3 Å². The van der Waals surface area contributed by atoms with Crippen molar-refractivity contribution in [2.45, 2.75) is 6.54 Å². The number of rotatable bonds is 3. The minimum absolute atomic E-state index is 0.00335. The van der Waals surface area contributed by atoms with Crippen molar-refractivity contribution in [1.82, 2.24) is 9.55 Å². The minimum Gasteiger partial charge on any atom is -0.399 e. The number of benzene rings is 1. The van der Waals surface area contributed by atoms with E-state index in [1.54, 1.807) is 0 Å². The molecule has 0 bridgehead atoms. The zero-order valence-electron chi connectivity index (χ0n) is 9.80. The van der Waals surface area contributed by atoms with E-state index >= 15 is 0 Å². The molecule has 3 N–H and O–H groups in total. The summed E-state index contributed by atoms with van der Waals surface area (Å²) in [6, 6.07) is 5.74. The normalized spacial score (nSPS) is 9.89. The number of amides is 1. The Kier molecular flexibility index (Phi) is 3.43. The lowest BCUT2D eigenvalue weighted by Crippen LogP contribution is -2.20. The standard InChI is InChI=1S/C12H10FN5O/c13-9-2-1-8(15)5-10(9)17-12(19)7-18-4-3-16-11(18)6-14/h1-5H,7,15H2,(H,17,19). The van der Waals surface area contributed by atoms with E-state index in [9.17, 15) is 9.18 Å². The Hall–Kier alpha value is -2.88. The van der Waals surface area contributed by atoms with Crippen LogP contribution >= 0.6 is 0 Å². The molecule has 0 atom stereocenters. The van der Waals surface area contributed by atoms with Gasteiger partial charge in [-0.25, -0.2) is 9.37 Å². The summed E-state index contributed by atoms with van der Waals surface area (Å²) < 4.78 is 14.8. The van der Waals surface area contributed by atoms with E-state index in [-0.39, 0.29) is 18.1 Å². The second-order valence-electron chi connectivity index (χ2n) is 3.78. The molecule has 0 fully saturated rings. The fourth-order valence-corrected chi connectivity index (χ4v) is 1.53. The number of carbonyl (C=O) groups is 1. The Morgan fingerprint density at radius 2 is 2.37 bits per heavy atom. The molecular weight excluding hydrogens is 249 g/mol. The van der Waals surface area contributed by atoms with Gasteiger partial charge in [0.05, 0.1) is 5.69 Å². The highest BCUT2D eigenvalue weighted by Gasteiger charge is 2.10. The number of nitrogens with one attached hydrogen (secondary N) is 1. The van der Waals surface area contributed by atoms with Gasteiger partial charge < -0.3 is 15.6 Å². The van der Waals surface area contributed by atoms with E-state index in [0.717, 1.165) is 0 Å². The SMILES string of the molecule is N#Cc1nccn1CC(=O)Nc1cc(N)ccc1F. The molecular formula is C12H10FN5O. The number of nitrogens with zero attached hydrogens (tertiary/aromatic N) is 3. The van der Waals surface area contributed by atoms with Crippen LogP contribution in [0.2, 0.25) is 0 Å². The Bertz CT molecular complexity index is 658. The number of hydrogen-bond donors (Lipinski definition) is 2. The fourth-order valence-electron chi connectivity index (χ4n) is 1.53. The Morgan fingerprint density at radius 1 is 1.58 bits per heavy atom. The molecule has 1 aromatic heterocycles. The topological polar surface area (TPSA) is 96.7 Å². The maximum Gasteiger partial charge on any atom is 0.244 e. The van der Waals surface area contributed by atoms with Gasteiger partial charge in [0, 0.05) is 18.1 Å². The Balaban J connectivity index is 2.10. The van der Waals surface area contributed by atoms with Crippen LogP contribution in [0.5, 0.6) is 0 Å². The molecule has 0 aliphatic heterocycles. The average molecular weight is 259 g/mol. The smallest absolute Gasteiger partial charge is 0.244 e. The van der Waals surface area contributed by atoms with E-state index in [1.165, 1.54) is 35.2 Å². The molecule has 1 aromatic carbocycles. The first-order valence-electron chi connectivity index (χ1n) is 5.36. The lowest BCUT2D eigenvalue weighted by atomic mass is 10.2. The van der Waals surface area contributed by atoms with Gasteiger partial charge in [-0.05, 0) is 18.2 Å². The van der Waals surface area contributed by atoms with Gasteiger partial charge in [0.1, 0.15) is 18.4 Å². The van der Waals surface area contributed by atoms with Crippen LogP contribution in [0.25, 0.3) is 0 Å². The molecule has 6 nitrogen and oxygen atoms in total. The van der Waals surface area contributed by atoms with Crippen molar-refractivity contribution in [3.8, 4) is 6.07 Å². The first kappa shape index (κ1) is 12.6. The van der Waals surface area contributed by atoms with Crippen LogP contribution < -0.4 is 11.1 Å². The summed E-state index contributed by atoms with van der Waals surface area (Å²) in [7, 11) is 0. The molecule has 7 heteroatoms. The quantitative estimate of drug-likeness (QED) is 0.807. The molecule has 0 radical (unpaired) electrons. The molecule has 19 heavy (non-hydrogen) atoms. The zero-order valence-corrected chi connectivity index (χ0v) is 9.80. The van der Waals surface area contributed by atoms with Gasteiger partial charge in [-0.3, -0.25) is 4.79 Å². The van der Waals surface area contributed by atoms with Crippen molar-refractivity contribution in [2.75, 3.05) is 11.1 Å². The third-order valence-corrected chi connectivity index (χ3v) is 2.39. The van der Waals surface area contributed by atoms with E-state index < -0.39 is 11.7 Å². The molecule has 0 saturated carbocycles. The van der Waals surface area contributed by atoms with Gasteiger partial charge in [0.25, 0.3) is 0 Å². The number of nitriles is 1. The predicted octanol–water partition coefficient (Wildman–Crippen LogP) is 1.11. The maximum atomic E-state index is 13.4. The van der Waals surface area contributed by atoms with E-state index in [0.29, 0.717) is 5.69 Å². The molecule has 0 aliphatic carbocycles. The average Bonchev–Trinajstić information content (AvgIpc) is 2.81. The number of anilines is 2. The van der Waals surface area contributed by atoms with Gasteiger partial charge >= 0.3 is 0 Å². The highest BCUT2D eigenvalue weighted by atomic mass is 19.1. The molecule has 0 unspecified atom stereocenters. The number of hydrogen-bond acceptors (Lipinski definition) is 4. The third-order valence-electron chi connectivity index (χ3n) is 2.39. The largest absolute Gasteiger partial charge is 0.399 e. The van der Waals surface area contributed by atoms with Crippen LogP contribution in [0.1, 0.15) is 5.82 Å². The number of carbonyl (C=O) groups excluding carboxylic acids is 1.